The Morgan fingerprint density at radius 3 is 2.77 bits per heavy atom. The Hall–Kier alpha value is -0.680. The van der Waals surface area contributed by atoms with Gasteiger partial charge in [0, 0.05) is 15.1 Å². The van der Waals surface area contributed by atoms with Gasteiger partial charge in [-0.2, -0.15) is 0 Å². The van der Waals surface area contributed by atoms with Crippen LogP contribution in [0.2, 0.25) is 0 Å². The van der Waals surface area contributed by atoms with Crippen LogP contribution in [-0.2, 0) is 11.2 Å². The molecule has 0 spiro atoms. The van der Waals surface area contributed by atoms with Crippen molar-refractivity contribution in [1.82, 2.24) is 0 Å². The molecule has 5 heteroatoms. The summed E-state index contributed by atoms with van der Waals surface area (Å²) in [4.78, 5) is 11.0. The molecule has 1 aromatic carbocycles. The van der Waals surface area contributed by atoms with Crippen molar-refractivity contribution in [3.8, 4) is 0 Å². The van der Waals surface area contributed by atoms with Crippen LogP contribution in [-0.4, -0.2) is 11.1 Å². The molecule has 0 atom stereocenters. The number of nitrogens with two attached hydrogens (primary N) is 1. The molecular formula is C8H8BrNO2S. The second-order valence-electron chi connectivity index (χ2n) is 2.57. The highest BCUT2D eigenvalue weighted by Gasteiger charge is 2.08. The topological polar surface area (TPSA) is 63.3 Å². The molecule has 0 fully saturated rings. The van der Waals surface area contributed by atoms with Gasteiger partial charge in [0.05, 0.1) is 6.42 Å². The number of hydrogen-bond donors (Lipinski definition) is 3. The van der Waals surface area contributed by atoms with Crippen molar-refractivity contribution in [1.29, 1.82) is 0 Å². The molecule has 1 aromatic rings. The molecule has 0 aliphatic heterocycles. The standard InChI is InChI=1S/C8H8BrNO2S/c9-5-1-4(2-7(11)12)8(13)6(10)3-5/h1,3,13H,2,10H2,(H,11,12). The molecule has 0 aliphatic carbocycles. The van der Waals surface area contributed by atoms with E-state index in [1.165, 1.54) is 0 Å². The number of carboxylic acids is 1. The van der Waals surface area contributed by atoms with Gasteiger partial charge in [0.2, 0.25) is 0 Å². The number of carboxylic acid groups (broad SMARTS) is 1. The Kier molecular flexibility index (Phi) is 3.22. The van der Waals surface area contributed by atoms with Crippen LogP contribution in [0, 0.1) is 0 Å². The lowest BCUT2D eigenvalue weighted by molar-refractivity contribution is -0.136. The van der Waals surface area contributed by atoms with Crippen LogP contribution in [0.1, 0.15) is 5.56 Å². The smallest absolute Gasteiger partial charge is 0.307 e. The number of carbonyl (C=O) groups is 1. The third-order valence-corrected chi connectivity index (χ3v) is 2.53. The van der Waals surface area contributed by atoms with Gasteiger partial charge in [0.1, 0.15) is 0 Å². The lowest BCUT2D eigenvalue weighted by Gasteiger charge is -2.06. The predicted molar refractivity (Wildman–Crippen MR) is 57.1 cm³/mol. The van der Waals surface area contributed by atoms with Gasteiger partial charge in [-0.1, -0.05) is 15.9 Å². The van der Waals surface area contributed by atoms with E-state index < -0.39 is 5.97 Å². The van der Waals surface area contributed by atoms with Gasteiger partial charge in [0.25, 0.3) is 0 Å². The molecule has 13 heavy (non-hydrogen) atoms. The molecule has 0 bridgehead atoms. The highest BCUT2D eigenvalue weighted by atomic mass is 79.9. The van der Waals surface area contributed by atoms with E-state index in [-0.39, 0.29) is 6.42 Å². The second kappa shape index (κ2) is 4.02. The van der Waals surface area contributed by atoms with Crippen LogP contribution in [0.3, 0.4) is 0 Å². The molecule has 0 aliphatic rings. The molecule has 3 N–H and O–H groups in total. The molecule has 0 saturated carbocycles. The Morgan fingerprint density at radius 1 is 1.62 bits per heavy atom. The Morgan fingerprint density at radius 2 is 2.23 bits per heavy atom. The van der Waals surface area contributed by atoms with Crippen LogP contribution in [0.25, 0.3) is 0 Å². The fourth-order valence-corrected chi connectivity index (χ4v) is 1.71. The Balaban J connectivity index is 3.12. The zero-order chi connectivity index (χ0) is 10.0. The summed E-state index contributed by atoms with van der Waals surface area (Å²) in [5.74, 6) is -0.896. The van der Waals surface area contributed by atoms with E-state index >= 15 is 0 Å². The normalized spacial score (nSPS) is 10.0. The maximum Gasteiger partial charge on any atom is 0.307 e. The average molecular weight is 262 g/mol. The summed E-state index contributed by atoms with van der Waals surface area (Å²) in [6, 6.07) is 3.39. The van der Waals surface area contributed by atoms with Gasteiger partial charge in [-0.3, -0.25) is 4.79 Å². The van der Waals surface area contributed by atoms with Gasteiger partial charge in [0.15, 0.2) is 0 Å². The average Bonchev–Trinajstić information content (AvgIpc) is 1.98. The summed E-state index contributed by atoms with van der Waals surface area (Å²) in [5, 5.41) is 8.58. The van der Waals surface area contributed by atoms with E-state index in [0.717, 1.165) is 4.47 Å². The van der Waals surface area contributed by atoms with Crippen molar-refractivity contribution in [2.45, 2.75) is 11.3 Å². The van der Waals surface area contributed by atoms with Crippen LogP contribution >= 0.6 is 28.6 Å². The summed E-state index contributed by atoms with van der Waals surface area (Å²) < 4.78 is 0.763. The largest absolute Gasteiger partial charge is 0.481 e. The number of aliphatic carboxylic acids is 1. The minimum atomic E-state index is -0.896. The van der Waals surface area contributed by atoms with Crippen LogP contribution < -0.4 is 5.73 Å². The van der Waals surface area contributed by atoms with E-state index in [1.54, 1.807) is 12.1 Å². The van der Waals surface area contributed by atoms with E-state index in [0.29, 0.717) is 16.1 Å². The zero-order valence-electron chi connectivity index (χ0n) is 6.62. The van der Waals surface area contributed by atoms with Gasteiger partial charge < -0.3 is 10.8 Å². The molecule has 70 valence electrons. The summed E-state index contributed by atoms with van der Waals surface area (Å²) >= 11 is 7.35. The minimum absolute atomic E-state index is 0.0670. The first-order valence-electron chi connectivity index (χ1n) is 3.49. The predicted octanol–water partition coefficient (Wildman–Crippen LogP) is 1.95. The minimum Gasteiger partial charge on any atom is -0.481 e. The SMILES string of the molecule is Nc1cc(Br)cc(CC(=O)O)c1S. The van der Waals surface area contributed by atoms with Crippen molar-refractivity contribution in [3.05, 3.63) is 22.2 Å². The fraction of sp³-hybridized carbons (Fsp3) is 0.125. The molecule has 0 aromatic heterocycles. The number of nitrogen functional groups attached to an aromatic ring is 1. The first kappa shape index (κ1) is 10.4. The van der Waals surface area contributed by atoms with Gasteiger partial charge in [-0.15, -0.1) is 12.6 Å². The molecular weight excluding hydrogens is 254 g/mol. The second-order valence-corrected chi connectivity index (χ2v) is 3.94. The number of rotatable bonds is 2. The number of thiol groups is 1. The van der Waals surface area contributed by atoms with E-state index in [1.807, 2.05) is 0 Å². The molecule has 0 heterocycles. The number of halogens is 1. The van der Waals surface area contributed by atoms with E-state index in [9.17, 15) is 4.79 Å². The lowest BCUT2D eigenvalue weighted by Crippen LogP contribution is -2.02. The first-order valence-corrected chi connectivity index (χ1v) is 4.73. The van der Waals surface area contributed by atoms with Crippen molar-refractivity contribution < 1.29 is 9.90 Å². The highest BCUT2D eigenvalue weighted by Crippen LogP contribution is 2.26. The fourth-order valence-electron chi connectivity index (χ4n) is 0.976. The Bertz CT molecular complexity index is 354. The maximum atomic E-state index is 10.5. The molecule has 0 unspecified atom stereocenters. The van der Waals surface area contributed by atoms with Crippen LogP contribution in [0.5, 0.6) is 0 Å². The van der Waals surface area contributed by atoms with Crippen LogP contribution in [0.4, 0.5) is 5.69 Å². The van der Waals surface area contributed by atoms with Crippen molar-refractivity contribution >= 4 is 40.2 Å². The summed E-state index contributed by atoms with van der Waals surface area (Å²) in [5.41, 5.74) is 6.69. The third kappa shape index (κ3) is 2.63. The number of hydrogen-bond acceptors (Lipinski definition) is 3. The van der Waals surface area contributed by atoms with Crippen molar-refractivity contribution in [3.63, 3.8) is 0 Å². The van der Waals surface area contributed by atoms with E-state index in [4.69, 9.17) is 10.8 Å². The van der Waals surface area contributed by atoms with Gasteiger partial charge in [-0.25, -0.2) is 0 Å². The lowest BCUT2D eigenvalue weighted by atomic mass is 10.1. The van der Waals surface area contributed by atoms with Crippen LogP contribution in [0.15, 0.2) is 21.5 Å². The maximum absolute atomic E-state index is 10.5. The highest BCUT2D eigenvalue weighted by molar-refractivity contribution is 9.10. The summed E-state index contributed by atoms with van der Waals surface area (Å²) in [6.45, 7) is 0. The summed E-state index contributed by atoms with van der Waals surface area (Å²) in [6.07, 6.45) is -0.0670. The third-order valence-electron chi connectivity index (χ3n) is 1.52. The molecule has 1 rings (SSSR count). The van der Waals surface area contributed by atoms with E-state index in [2.05, 4.69) is 28.6 Å². The molecule has 0 radical (unpaired) electrons. The van der Waals surface area contributed by atoms with Crippen molar-refractivity contribution in [2.75, 3.05) is 5.73 Å². The quantitative estimate of drug-likeness (QED) is 0.563. The first-order chi connectivity index (χ1) is 6.00. The number of benzene rings is 1. The molecule has 0 saturated heterocycles. The van der Waals surface area contributed by atoms with Gasteiger partial charge >= 0.3 is 5.97 Å². The molecule has 0 amide bonds. The van der Waals surface area contributed by atoms with Crippen molar-refractivity contribution in [2.24, 2.45) is 0 Å². The zero-order valence-corrected chi connectivity index (χ0v) is 9.10. The Labute approximate surface area is 89.5 Å². The molecule has 3 nitrogen and oxygen atoms in total. The summed E-state index contributed by atoms with van der Waals surface area (Å²) in [7, 11) is 0. The number of anilines is 1. The van der Waals surface area contributed by atoms with Gasteiger partial charge in [-0.05, 0) is 17.7 Å². The monoisotopic (exact) mass is 261 g/mol.